The van der Waals surface area contributed by atoms with Gasteiger partial charge in [-0.2, -0.15) is 10.4 Å². The first kappa shape index (κ1) is 24.6. The highest BCUT2D eigenvalue weighted by molar-refractivity contribution is 9.10. The quantitative estimate of drug-likeness (QED) is 0.499. The SMILES string of the molecule is Cc1c(C(=O)Nc2ccc([C@]3(C#N)CC[C@@H](N4CCOCC4)CC3)nc2)cnn1-c1ccc(Br)cc1. The Labute approximate surface area is 219 Å². The third-order valence-electron chi connectivity index (χ3n) is 7.42. The van der Waals surface area contributed by atoms with Gasteiger partial charge in [0.25, 0.3) is 5.91 Å². The molecule has 1 amide bonds. The van der Waals surface area contributed by atoms with Crippen LogP contribution in [0.3, 0.4) is 0 Å². The zero-order valence-corrected chi connectivity index (χ0v) is 21.9. The Hall–Kier alpha value is -3.06. The number of nitriles is 1. The molecule has 2 aromatic heterocycles. The molecule has 8 nitrogen and oxygen atoms in total. The predicted molar refractivity (Wildman–Crippen MR) is 140 cm³/mol. The van der Waals surface area contributed by atoms with Crippen LogP contribution in [0.4, 0.5) is 5.69 Å². The van der Waals surface area contributed by atoms with Crippen molar-refractivity contribution in [2.24, 2.45) is 0 Å². The topological polar surface area (TPSA) is 96.1 Å². The summed E-state index contributed by atoms with van der Waals surface area (Å²) in [6.45, 7) is 5.39. The number of hydrogen-bond acceptors (Lipinski definition) is 6. The van der Waals surface area contributed by atoms with Gasteiger partial charge in [-0.3, -0.25) is 14.7 Å². The van der Waals surface area contributed by atoms with E-state index in [2.05, 4.69) is 42.3 Å². The Morgan fingerprint density at radius 2 is 1.86 bits per heavy atom. The maximum atomic E-state index is 13.0. The summed E-state index contributed by atoms with van der Waals surface area (Å²) in [7, 11) is 0. The van der Waals surface area contributed by atoms with Gasteiger partial charge in [0.15, 0.2) is 0 Å². The minimum absolute atomic E-state index is 0.244. The van der Waals surface area contributed by atoms with Gasteiger partial charge in [0.2, 0.25) is 0 Å². The molecule has 1 aliphatic carbocycles. The first-order valence-electron chi connectivity index (χ1n) is 12.3. The summed E-state index contributed by atoms with van der Waals surface area (Å²) in [5, 5.41) is 17.4. The van der Waals surface area contributed by atoms with E-state index < -0.39 is 5.41 Å². The number of nitrogens with one attached hydrogen (secondary N) is 1. The normalized spacial score (nSPS) is 22.6. The van der Waals surface area contributed by atoms with Crippen molar-refractivity contribution < 1.29 is 9.53 Å². The molecule has 5 rings (SSSR count). The molecule has 2 aliphatic rings. The van der Waals surface area contributed by atoms with E-state index >= 15 is 0 Å². The van der Waals surface area contributed by atoms with Crippen molar-refractivity contribution in [1.29, 1.82) is 5.26 Å². The van der Waals surface area contributed by atoms with E-state index in [4.69, 9.17) is 4.74 Å². The number of aromatic nitrogens is 3. The third kappa shape index (κ3) is 4.94. The lowest BCUT2D eigenvalue weighted by molar-refractivity contribution is 0.00493. The average Bonchev–Trinajstić information content (AvgIpc) is 3.31. The summed E-state index contributed by atoms with van der Waals surface area (Å²) in [5.41, 5.74) is 2.92. The van der Waals surface area contributed by atoms with Gasteiger partial charge in [-0.15, -0.1) is 0 Å². The van der Waals surface area contributed by atoms with Crippen LogP contribution in [-0.4, -0.2) is 57.9 Å². The second-order valence-electron chi connectivity index (χ2n) is 9.49. The number of anilines is 1. The lowest BCUT2D eigenvalue weighted by Gasteiger charge is -2.41. The number of ether oxygens (including phenoxy) is 1. The molecule has 1 saturated heterocycles. The second-order valence-corrected chi connectivity index (χ2v) is 10.4. The zero-order chi connectivity index (χ0) is 25.1. The van der Waals surface area contributed by atoms with E-state index in [9.17, 15) is 10.1 Å². The van der Waals surface area contributed by atoms with E-state index in [0.29, 0.717) is 17.3 Å². The molecule has 0 atom stereocenters. The van der Waals surface area contributed by atoms with Crippen LogP contribution in [0.15, 0.2) is 53.3 Å². The highest BCUT2D eigenvalue weighted by atomic mass is 79.9. The largest absolute Gasteiger partial charge is 0.379 e. The van der Waals surface area contributed by atoms with Crippen LogP contribution in [0.1, 0.15) is 47.4 Å². The molecule has 0 unspecified atom stereocenters. The first-order chi connectivity index (χ1) is 17.5. The lowest BCUT2D eigenvalue weighted by Crippen LogP contribution is -2.47. The molecule has 186 valence electrons. The van der Waals surface area contributed by atoms with Gasteiger partial charge in [-0.25, -0.2) is 4.68 Å². The highest BCUT2D eigenvalue weighted by Gasteiger charge is 2.40. The minimum atomic E-state index is -0.576. The molecule has 0 spiro atoms. The highest BCUT2D eigenvalue weighted by Crippen LogP contribution is 2.40. The first-order valence-corrected chi connectivity index (χ1v) is 13.1. The van der Waals surface area contributed by atoms with Crippen LogP contribution >= 0.6 is 15.9 Å². The number of amides is 1. The number of rotatable bonds is 5. The molecule has 1 N–H and O–H groups in total. The van der Waals surface area contributed by atoms with Crippen molar-refractivity contribution in [3.05, 3.63) is 70.2 Å². The van der Waals surface area contributed by atoms with Crippen LogP contribution in [0, 0.1) is 18.3 Å². The van der Waals surface area contributed by atoms with Gasteiger partial charge in [-0.05, 0) is 69.0 Å². The van der Waals surface area contributed by atoms with Crippen molar-refractivity contribution in [1.82, 2.24) is 19.7 Å². The number of benzene rings is 1. The number of pyridine rings is 1. The average molecular weight is 549 g/mol. The van der Waals surface area contributed by atoms with Gasteiger partial charge < -0.3 is 10.1 Å². The number of morpholine rings is 1. The van der Waals surface area contributed by atoms with E-state index in [1.165, 1.54) is 0 Å². The maximum Gasteiger partial charge on any atom is 0.259 e. The third-order valence-corrected chi connectivity index (χ3v) is 7.95. The van der Waals surface area contributed by atoms with Crippen LogP contribution in [0.5, 0.6) is 0 Å². The smallest absolute Gasteiger partial charge is 0.259 e. The summed E-state index contributed by atoms with van der Waals surface area (Å²) in [6, 6.07) is 14.5. The van der Waals surface area contributed by atoms with Crippen molar-refractivity contribution in [2.45, 2.75) is 44.1 Å². The molecule has 1 saturated carbocycles. The van der Waals surface area contributed by atoms with E-state index in [0.717, 1.165) is 73.5 Å². The Kier molecular flexibility index (Phi) is 7.19. The summed E-state index contributed by atoms with van der Waals surface area (Å²) in [6.07, 6.45) is 6.77. The van der Waals surface area contributed by atoms with E-state index in [1.54, 1.807) is 17.1 Å². The zero-order valence-electron chi connectivity index (χ0n) is 20.3. The van der Waals surface area contributed by atoms with Crippen molar-refractivity contribution in [2.75, 3.05) is 31.6 Å². The van der Waals surface area contributed by atoms with E-state index in [-0.39, 0.29) is 5.91 Å². The molecule has 3 heterocycles. The molecule has 2 fully saturated rings. The number of carbonyl (C=O) groups is 1. The Bertz CT molecular complexity index is 1250. The molecule has 0 radical (unpaired) electrons. The van der Waals surface area contributed by atoms with Crippen molar-refractivity contribution in [3.63, 3.8) is 0 Å². The molecule has 1 aliphatic heterocycles. The molecule has 9 heteroatoms. The standard InChI is InChI=1S/C27H29BrN6O2/c1-19-24(17-31-34(19)23-5-2-20(28)3-6-23)26(35)32-21-4-7-25(30-16-21)27(18-29)10-8-22(9-11-27)33-12-14-36-15-13-33/h2-7,16-17,22H,8-15H2,1H3,(H,32,35)/t22-,27-. The summed E-state index contributed by atoms with van der Waals surface area (Å²) >= 11 is 3.44. The summed E-state index contributed by atoms with van der Waals surface area (Å²) < 4.78 is 8.20. The number of hydrogen-bond donors (Lipinski definition) is 1. The Morgan fingerprint density at radius 1 is 1.14 bits per heavy atom. The fourth-order valence-corrected chi connectivity index (χ4v) is 5.52. The van der Waals surface area contributed by atoms with E-state index in [1.807, 2.05) is 43.3 Å². The number of nitrogens with zero attached hydrogens (tertiary/aromatic N) is 5. The fourth-order valence-electron chi connectivity index (χ4n) is 5.25. The van der Waals surface area contributed by atoms with Gasteiger partial charge in [0, 0.05) is 23.6 Å². The molecule has 1 aromatic carbocycles. The molecule has 0 bridgehead atoms. The van der Waals surface area contributed by atoms with Crippen molar-refractivity contribution in [3.8, 4) is 11.8 Å². The molecular formula is C27H29BrN6O2. The number of carbonyl (C=O) groups excluding carboxylic acids is 1. The van der Waals surface area contributed by atoms with Crippen LogP contribution in [0.25, 0.3) is 5.69 Å². The lowest BCUT2D eigenvalue weighted by atomic mass is 9.71. The monoisotopic (exact) mass is 548 g/mol. The van der Waals surface area contributed by atoms with Crippen LogP contribution < -0.4 is 5.32 Å². The van der Waals surface area contributed by atoms with Gasteiger partial charge in [-0.1, -0.05) is 15.9 Å². The Balaban J connectivity index is 1.25. The maximum absolute atomic E-state index is 13.0. The molecular weight excluding hydrogens is 520 g/mol. The predicted octanol–water partition coefficient (Wildman–Crippen LogP) is 4.63. The van der Waals surface area contributed by atoms with Crippen molar-refractivity contribution >= 4 is 27.5 Å². The summed E-state index contributed by atoms with van der Waals surface area (Å²) in [4.78, 5) is 20.1. The van der Waals surface area contributed by atoms with Crippen LogP contribution in [-0.2, 0) is 10.2 Å². The Morgan fingerprint density at radius 3 is 2.50 bits per heavy atom. The van der Waals surface area contributed by atoms with Gasteiger partial charge >= 0.3 is 0 Å². The molecule has 36 heavy (non-hydrogen) atoms. The molecule has 3 aromatic rings. The summed E-state index contributed by atoms with van der Waals surface area (Å²) in [5.74, 6) is -0.244. The number of halogens is 1. The fraction of sp³-hybridized carbons (Fsp3) is 0.407. The van der Waals surface area contributed by atoms with Crippen LogP contribution in [0.2, 0.25) is 0 Å². The van der Waals surface area contributed by atoms with Gasteiger partial charge in [0.05, 0.1) is 65.4 Å². The minimum Gasteiger partial charge on any atom is -0.379 e. The van der Waals surface area contributed by atoms with Gasteiger partial charge in [0.1, 0.15) is 0 Å². The second kappa shape index (κ2) is 10.5.